The van der Waals surface area contributed by atoms with Crippen molar-refractivity contribution >= 4 is 16.9 Å². The Morgan fingerprint density at radius 3 is 2.48 bits per heavy atom. The molecule has 4 aromatic rings. The Morgan fingerprint density at radius 2 is 1.76 bits per heavy atom. The number of hydrogen-bond donors (Lipinski definition) is 0. The summed E-state index contributed by atoms with van der Waals surface area (Å²) in [5.74, 6) is 0.465. The van der Waals surface area contributed by atoms with E-state index in [9.17, 15) is 9.59 Å². The molecule has 144 valence electrons. The van der Waals surface area contributed by atoms with Gasteiger partial charge < -0.3 is 13.7 Å². The van der Waals surface area contributed by atoms with E-state index in [1.54, 1.807) is 41.5 Å². The fraction of sp³-hybridized carbons (Fsp3) is 0.167. The van der Waals surface area contributed by atoms with Gasteiger partial charge in [-0.15, -0.1) is 0 Å². The fourth-order valence-electron chi connectivity index (χ4n) is 3.98. The number of carbonyl (C=O) groups is 1. The average molecular weight is 385 g/mol. The number of carbonyl (C=O) groups excluding carboxylic acids is 1. The molecule has 1 aliphatic rings. The van der Waals surface area contributed by atoms with E-state index >= 15 is 0 Å². The van der Waals surface area contributed by atoms with Crippen LogP contribution in [-0.4, -0.2) is 10.8 Å². The average Bonchev–Trinajstić information content (AvgIpc) is 3.36. The van der Waals surface area contributed by atoms with Crippen molar-refractivity contribution < 1.29 is 13.6 Å². The van der Waals surface area contributed by atoms with Crippen molar-refractivity contribution in [2.24, 2.45) is 0 Å². The summed E-state index contributed by atoms with van der Waals surface area (Å²) in [6, 6.07) is 18.2. The number of hydrogen-bond acceptors (Lipinski definition) is 4. The lowest BCUT2D eigenvalue weighted by Gasteiger charge is -2.24. The summed E-state index contributed by atoms with van der Waals surface area (Å²) in [4.78, 5) is 28.3. The van der Waals surface area contributed by atoms with Crippen LogP contribution in [0.25, 0.3) is 11.0 Å². The maximum atomic E-state index is 13.4. The Balaban J connectivity index is 1.72. The van der Waals surface area contributed by atoms with Crippen molar-refractivity contribution in [3.63, 3.8) is 0 Å². The normalized spacial score (nSPS) is 15.8. The van der Waals surface area contributed by atoms with Crippen molar-refractivity contribution in [2.45, 2.75) is 25.9 Å². The van der Waals surface area contributed by atoms with Crippen LogP contribution in [0.5, 0.6) is 0 Å². The maximum absolute atomic E-state index is 13.4. The zero-order valence-corrected chi connectivity index (χ0v) is 15.9. The van der Waals surface area contributed by atoms with E-state index in [2.05, 4.69) is 6.92 Å². The molecule has 0 aliphatic carbocycles. The first-order valence-corrected chi connectivity index (χ1v) is 9.65. The molecular formula is C24H19NO4. The molecule has 2 aromatic carbocycles. The molecule has 0 saturated heterocycles. The molecule has 0 spiro atoms. The molecule has 5 nitrogen and oxygen atoms in total. The third kappa shape index (κ3) is 2.78. The van der Waals surface area contributed by atoms with Gasteiger partial charge in [-0.2, -0.15) is 0 Å². The van der Waals surface area contributed by atoms with Gasteiger partial charge in [0.25, 0.3) is 5.91 Å². The SMILES string of the molecule is CCc1ccc(C2c3c(oc4ccccc4c3=O)C(=O)N2Cc2ccco2)cc1. The molecule has 0 saturated carbocycles. The number of nitrogens with zero attached hydrogens (tertiary/aromatic N) is 1. The molecule has 1 unspecified atom stereocenters. The van der Waals surface area contributed by atoms with Gasteiger partial charge in [0.15, 0.2) is 5.43 Å². The Hall–Kier alpha value is -3.60. The number of fused-ring (bicyclic) bond motifs is 2. The molecule has 3 heterocycles. The predicted octanol–water partition coefficient (Wildman–Crippen LogP) is 4.69. The summed E-state index contributed by atoms with van der Waals surface area (Å²) in [5, 5.41) is 0.481. The Morgan fingerprint density at radius 1 is 0.966 bits per heavy atom. The predicted molar refractivity (Wildman–Crippen MR) is 109 cm³/mol. The van der Waals surface area contributed by atoms with Gasteiger partial charge in [0, 0.05) is 0 Å². The number of aryl methyl sites for hydroxylation is 1. The van der Waals surface area contributed by atoms with Gasteiger partial charge >= 0.3 is 0 Å². The lowest BCUT2D eigenvalue weighted by molar-refractivity contribution is 0.0701. The number of furan rings is 1. The minimum absolute atomic E-state index is 0.116. The van der Waals surface area contributed by atoms with Gasteiger partial charge in [-0.25, -0.2) is 0 Å². The summed E-state index contributed by atoms with van der Waals surface area (Å²) in [6.45, 7) is 2.35. The first-order valence-electron chi connectivity index (χ1n) is 9.65. The van der Waals surface area contributed by atoms with E-state index < -0.39 is 6.04 Å². The minimum atomic E-state index is -0.519. The first-order chi connectivity index (χ1) is 14.2. The van der Waals surface area contributed by atoms with Crippen LogP contribution >= 0.6 is 0 Å². The molecule has 0 N–H and O–H groups in total. The molecule has 5 rings (SSSR count). The summed E-state index contributed by atoms with van der Waals surface area (Å²) in [5.41, 5.74) is 2.72. The van der Waals surface area contributed by atoms with Crippen molar-refractivity contribution in [3.8, 4) is 0 Å². The number of amides is 1. The summed E-state index contributed by atoms with van der Waals surface area (Å²) >= 11 is 0. The van der Waals surface area contributed by atoms with E-state index in [1.807, 2.05) is 30.3 Å². The topological polar surface area (TPSA) is 63.7 Å². The second-order valence-electron chi connectivity index (χ2n) is 7.18. The van der Waals surface area contributed by atoms with Gasteiger partial charge in [-0.3, -0.25) is 9.59 Å². The van der Waals surface area contributed by atoms with Crippen LogP contribution in [0.15, 0.2) is 80.6 Å². The van der Waals surface area contributed by atoms with Crippen molar-refractivity contribution in [2.75, 3.05) is 0 Å². The second kappa shape index (κ2) is 6.78. The van der Waals surface area contributed by atoms with E-state index in [0.29, 0.717) is 22.3 Å². The number of para-hydroxylation sites is 1. The van der Waals surface area contributed by atoms with Gasteiger partial charge in [-0.05, 0) is 41.8 Å². The van der Waals surface area contributed by atoms with Crippen LogP contribution < -0.4 is 5.43 Å². The molecule has 0 radical (unpaired) electrons. The Bertz CT molecular complexity index is 1250. The molecule has 0 fully saturated rings. The van der Waals surface area contributed by atoms with Crippen LogP contribution in [0.3, 0.4) is 0 Å². The largest absolute Gasteiger partial charge is 0.467 e. The van der Waals surface area contributed by atoms with E-state index in [0.717, 1.165) is 12.0 Å². The number of rotatable bonds is 4. The Labute approximate surface area is 167 Å². The second-order valence-corrected chi connectivity index (χ2v) is 7.18. The van der Waals surface area contributed by atoms with E-state index in [1.165, 1.54) is 5.56 Å². The maximum Gasteiger partial charge on any atom is 0.291 e. The zero-order valence-electron chi connectivity index (χ0n) is 15.9. The lowest BCUT2D eigenvalue weighted by atomic mass is 9.97. The zero-order chi connectivity index (χ0) is 20.0. The van der Waals surface area contributed by atoms with Crippen molar-refractivity contribution in [1.82, 2.24) is 4.90 Å². The van der Waals surface area contributed by atoms with Gasteiger partial charge in [0.2, 0.25) is 5.76 Å². The summed E-state index contributed by atoms with van der Waals surface area (Å²) in [6.07, 6.45) is 2.50. The molecule has 5 heteroatoms. The molecule has 29 heavy (non-hydrogen) atoms. The highest BCUT2D eigenvalue weighted by Gasteiger charge is 2.43. The summed E-state index contributed by atoms with van der Waals surface area (Å²) < 4.78 is 11.4. The van der Waals surface area contributed by atoms with Gasteiger partial charge in [0.1, 0.15) is 11.3 Å². The lowest BCUT2D eigenvalue weighted by Crippen LogP contribution is -2.29. The van der Waals surface area contributed by atoms with Gasteiger partial charge in [-0.1, -0.05) is 43.3 Å². The van der Waals surface area contributed by atoms with E-state index in [4.69, 9.17) is 8.83 Å². The Kier molecular flexibility index (Phi) is 4.09. The minimum Gasteiger partial charge on any atom is -0.467 e. The van der Waals surface area contributed by atoms with Crippen molar-refractivity contribution in [1.29, 1.82) is 0 Å². The van der Waals surface area contributed by atoms with Crippen LogP contribution in [0.4, 0.5) is 0 Å². The highest BCUT2D eigenvalue weighted by Crippen LogP contribution is 2.39. The quantitative estimate of drug-likeness (QED) is 0.511. The molecule has 1 atom stereocenters. The molecule has 2 aromatic heterocycles. The molecular weight excluding hydrogens is 366 g/mol. The highest BCUT2D eigenvalue weighted by molar-refractivity contribution is 5.99. The third-order valence-electron chi connectivity index (χ3n) is 5.48. The van der Waals surface area contributed by atoms with Crippen LogP contribution in [0, 0.1) is 0 Å². The number of benzene rings is 2. The standard InChI is InChI=1S/C24H19NO4/c1-2-15-9-11-16(12-10-15)21-20-22(26)18-7-3-4-8-19(18)29-23(20)24(27)25(21)14-17-6-5-13-28-17/h3-13,21H,2,14H2,1H3. The molecule has 1 amide bonds. The molecule has 0 bridgehead atoms. The fourth-order valence-corrected chi connectivity index (χ4v) is 3.98. The smallest absolute Gasteiger partial charge is 0.291 e. The van der Waals surface area contributed by atoms with Crippen LogP contribution in [0.1, 0.15) is 46.0 Å². The van der Waals surface area contributed by atoms with Crippen LogP contribution in [-0.2, 0) is 13.0 Å². The molecule has 1 aliphatic heterocycles. The van der Waals surface area contributed by atoms with E-state index in [-0.39, 0.29) is 23.6 Å². The first kappa shape index (κ1) is 17.5. The monoisotopic (exact) mass is 385 g/mol. The third-order valence-corrected chi connectivity index (χ3v) is 5.48. The highest BCUT2D eigenvalue weighted by atomic mass is 16.3. The van der Waals surface area contributed by atoms with Crippen molar-refractivity contribution in [3.05, 3.63) is 105 Å². The van der Waals surface area contributed by atoms with Gasteiger partial charge in [0.05, 0.1) is 29.8 Å². The van der Waals surface area contributed by atoms with Crippen LogP contribution in [0.2, 0.25) is 0 Å². The summed E-state index contributed by atoms with van der Waals surface area (Å²) in [7, 11) is 0.